The Hall–Kier alpha value is -3.73. The zero-order valence-electron chi connectivity index (χ0n) is 20.6. The van der Waals surface area contributed by atoms with Gasteiger partial charge in [-0.1, -0.05) is 49.4 Å². The van der Waals surface area contributed by atoms with E-state index in [4.69, 9.17) is 4.74 Å². The quantitative estimate of drug-likeness (QED) is 0.438. The van der Waals surface area contributed by atoms with E-state index in [0.29, 0.717) is 10.7 Å². The van der Waals surface area contributed by atoms with Crippen LogP contribution in [0.5, 0.6) is 5.75 Å². The minimum Gasteiger partial charge on any atom is -0.420 e. The van der Waals surface area contributed by atoms with Gasteiger partial charge in [-0.15, -0.1) is 11.8 Å². The molecule has 0 aliphatic carbocycles. The molecule has 0 spiro atoms. The predicted molar refractivity (Wildman–Crippen MR) is 136 cm³/mol. The molecular formula is C27H24F3N3O4S. The molecule has 0 unspecified atom stereocenters. The number of aromatic nitrogens is 1. The minimum absolute atomic E-state index is 0.0883. The monoisotopic (exact) mass is 543 g/mol. The SMILES string of the molecule is CCC(=O)Oc1c2n(ccc1=O)N([C@H]1c3ccccc3CSc3ccccc31)CN([C@@H](C)C(F)(F)F)C2=O. The number of carbonyl (C=O) groups is 2. The Morgan fingerprint density at radius 2 is 1.76 bits per heavy atom. The Kier molecular flexibility index (Phi) is 6.72. The summed E-state index contributed by atoms with van der Waals surface area (Å²) in [5.41, 5.74) is 1.49. The number of hydrogen-bond donors (Lipinski definition) is 0. The third-order valence-electron chi connectivity index (χ3n) is 6.76. The Morgan fingerprint density at radius 1 is 1.08 bits per heavy atom. The van der Waals surface area contributed by atoms with Gasteiger partial charge >= 0.3 is 12.1 Å². The van der Waals surface area contributed by atoms with E-state index < -0.39 is 53.7 Å². The number of amides is 1. The molecule has 1 amide bonds. The summed E-state index contributed by atoms with van der Waals surface area (Å²) >= 11 is 1.61. The van der Waals surface area contributed by atoms with Gasteiger partial charge in [-0.05, 0) is 29.7 Å². The van der Waals surface area contributed by atoms with Gasteiger partial charge in [0.25, 0.3) is 5.91 Å². The summed E-state index contributed by atoms with van der Waals surface area (Å²) in [6.45, 7) is 1.99. The van der Waals surface area contributed by atoms with Gasteiger partial charge in [0.05, 0.1) is 6.04 Å². The van der Waals surface area contributed by atoms with Crippen LogP contribution in [0.25, 0.3) is 0 Å². The first-order valence-corrected chi connectivity index (χ1v) is 13.0. The lowest BCUT2D eigenvalue weighted by atomic mass is 9.94. The molecule has 0 radical (unpaired) electrons. The number of carbonyl (C=O) groups excluding carboxylic acids is 2. The molecule has 3 heterocycles. The number of fused-ring (bicyclic) bond motifs is 3. The molecule has 0 saturated heterocycles. The zero-order chi connectivity index (χ0) is 27.2. The van der Waals surface area contributed by atoms with Crippen molar-refractivity contribution in [2.24, 2.45) is 0 Å². The lowest BCUT2D eigenvalue weighted by Crippen LogP contribution is -2.60. The van der Waals surface area contributed by atoms with Crippen LogP contribution in [0.4, 0.5) is 13.2 Å². The maximum absolute atomic E-state index is 14.0. The largest absolute Gasteiger partial charge is 0.420 e. The van der Waals surface area contributed by atoms with Gasteiger partial charge in [0, 0.05) is 29.3 Å². The summed E-state index contributed by atoms with van der Waals surface area (Å²) in [5, 5.41) is 1.62. The van der Waals surface area contributed by atoms with Gasteiger partial charge in [-0.2, -0.15) is 13.2 Å². The standard InChI is InChI=1S/C27H24F3N3O4S/c1-3-22(35)37-25-20(34)12-13-32-24(25)26(36)31(16(2)27(28,29)30)15-33(32)23-18-9-5-4-8-17(18)14-38-21-11-7-6-10-19(21)23/h4-13,16,23H,3,14-15H2,1-2H3/t16-,23-/m0/s1. The number of halogens is 3. The molecule has 198 valence electrons. The van der Waals surface area contributed by atoms with E-state index in [2.05, 4.69) is 0 Å². The molecule has 3 aromatic rings. The summed E-state index contributed by atoms with van der Waals surface area (Å²) in [5.74, 6) is -1.77. The number of ether oxygens (including phenoxy) is 1. The van der Waals surface area contributed by atoms with Crippen molar-refractivity contribution >= 4 is 23.6 Å². The van der Waals surface area contributed by atoms with Crippen molar-refractivity contribution < 1.29 is 27.5 Å². The molecule has 0 bridgehead atoms. The summed E-state index contributed by atoms with van der Waals surface area (Å²) < 4.78 is 48.5. The van der Waals surface area contributed by atoms with Crippen molar-refractivity contribution in [2.45, 2.75) is 49.2 Å². The number of pyridine rings is 1. The van der Waals surface area contributed by atoms with E-state index in [1.165, 1.54) is 17.8 Å². The molecule has 0 saturated carbocycles. The van der Waals surface area contributed by atoms with Gasteiger partial charge in [0.1, 0.15) is 12.7 Å². The van der Waals surface area contributed by atoms with Crippen LogP contribution in [-0.4, -0.2) is 40.3 Å². The van der Waals surface area contributed by atoms with E-state index >= 15 is 0 Å². The van der Waals surface area contributed by atoms with Crippen LogP contribution in [0.15, 0.2) is 70.5 Å². The molecule has 0 N–H and O–H groups in total. The first-order valence-electron chi connectivity index (χ1n) is 12.0. The van der Waals surface area contributed by atoms with Gasteiger partial charge in [-0.25, -0.2) is 0 Å². The van der Waals surface area contributed by atoms with Crippen molar-refractivity contribution in [1.29, 1.82) is 0 Å². The maximum atomic E-state index is 14.0. The highest BCUT2D eigenvalue weighted by molar-refractivity contribution is 7.98. The highest BCUT2D eigenvalue weighted by Gasteiger charge is 2.48. The molecule has 2 atom stereocenters. The lowest BCUT2D eigenvalue weighted by molar-refractivity contribution is -0.173. The second kappa shape index (κ2) is 9.86. The molecule has 1 aromatic heterocycles. The smallest absolute Gasteiger partial charge is 0.408 e. The Bertz CT molecular complexity index is 1420. The number of rotatable bonds is 4. The molecule has 2 aliphatic heterocycles. The second-order valence-electron chi connectivity index (χ2n) is 9.03. The third-order valence-corrected chi connectivity index (χ3v) is 7.90. The fourth-order valence-electron chi connectivity index (χ4n) is 4.72. The topological polar surface area (TPSA) is 71.8 Å². The van der Waals surface area contributed by atoms with Gasteiger partial charge in [0.2, 0.25) is 11.2 Å². The molecule has 7 nitrogen and oxygen atoms in total. The van der Waals surface area contributed by atoms with E-state index in [1.54, 1.807) is 16.8 Å². The van der Waals surface area contributed by atoms with Gasteiger partial charge < -0.3 is 9.64 Å². The highest BCUT2D eigenvalue weighted by Crippen LogP contribution is 2.43. The van der Waals surface area contributed by atoms with E-state index in [0.717, 1.165) is 34.6 Å². The molecule has 38 heavy (non-hydrogen) atoms. The average Bonchev–Trinajstić information content (AvgIpc) is 3.06. The van der Waals surface area contributed by atoms with Crippen molar-refractivity contribution in [1.82, 2.24) is 9.58 Å². The van der Waals surface area contributed by atoms with Crippen LogP contribution in [0.1, 0.15) is 53.5 Å². The molecule has 0 fully saturated rings. The number of esters is 1. The van der Waals surface area contributed by atoms with Crippen LogP contribution in [-0.2, 0) is 10.5 Å². The van der Waals surface area contributed by atoms with Crippen LogP contribution in [0.2, 0.25) is 0 Å². The van der Waals surface area contributed by atoms with E-state index in [1.807, 2.05) is 48.5 Å². The highest BCUT2D eigenvalue weighted by atomic mass is 32.2. The fraction of sp³-hybridized carbons (Fsp3) is 0.296. The average molecular weight is 544 g/mol. The van der Waals surface area contributed by atoms with E-state index in [-0.39, 0.29) is 6.42 Å². The van der Waals surface area contributed by atoms with Crippen LogP contribution in [0.3, 0.4) is 0 Å². The molecule has 2 aromatic carbocycles. The number of hydrogen-bond acceptors (Lipinski definition) is 6. The Morgan fingerprint density at radius 3 is 2.47 bits per heavy atom. The van der Waals surface area contributed by atoms with Crippen LogP contribution in [0, 0.1) is 0 Å². The second-order valence-corrected chi connectivity index (χ2v) is 10.0. The van der Waals surface area contributed by atoms with Gasteiger partial charge in [-0.3, -0.25) is 24.1 Å². The van der Waals surface area contributed by atoms with Crippen molar-refractivity contribution in [3.8, 4) is 5.75 Å². The normalized spacial score (nSPS) is 17.7. The van der Waals surface area contributed by atoms with Gasteiger partial charge in [0.15, 0.2) is 5.69 Å². The predicted octanol–water partition coefficient (Wildman–Crippen LogP) is 4.86. The molecular weight excluding hydrogens is 519 g/mol. The number of nitrogens with zero attached hydrogens (tertiary/aromatic N) is 3. The van der Waals surface area contributed by atoms with Crippen LogP contribution < -0.4 is 15.2 Å². The van der Waals surface area contributed by atoms with Crippen molar-refractivity contribution in [3.05, 3.63) is 93.4 Å². The zero-order valence-corrected chi connectivity index (χ0v) is 21.4. The Labute approximate surface area is 220 Å². The summed E-state index contributed by atoms with van der Waals surface area (Å²) in [4.78, 5) is 40.1. The minimum atomic E-state index is -4.73. The number of alkyl halides is 3. The van der Waals surface area contributed by atoms with Crippen LogP contribution >= 0.6 is 11.8 Å². The lowest BCUT2D eigenvalue weighted by Gasteiger charge is -2.46. The first-order chi connectivity index (χ1) is 18.1. The third kappa shape index (κ3) is 4.44. The summed E-state index contributed by atoms with van der Waals surface area (Å²) in [6.07, 6.45) is -3.47. The summed E-state index contributed by atoms with van der Waals surface area (Å²) in [6, 6.07) is 13.6. The molecule has 2 aliphatic rings. The van der Waals surface area contributed by atoms with Crippen molar-refractivity contribution in [3.63, 3.8) is 0 Å². The first kappa shape index (κ1) is 25.9. The number of benzene rings is 2. The molecule has 5 rings (SSSR count). The van der Waals surface area contributed by atoms with Crippen molar-refractivity contribution in [2.75, 3.05) is 11.7 Å². The number of thioether (sulfide) groups is 1. The Balaban J connectivity index is 1.78. The maximum Gasteiger partial charge on any atom is 0.408 e. The van der Waals surface area contributed by atoms with E-state index in [9.17, 15) is 27.6 Å². The fourth-order valence-corrected chi connectivity index (χ4v) is 5.82. The summed E-state index contributed by atoms with van der Waals surface area (Å²) in [7, 11) is 0. The molecule has 11 heteroatoms.